The van der Waals surface area contributed by atoms with Crippen molar-refractivity contribution in [3.05, 3.63) is 35.0 Å². The van der Waals surface area contributed by atoms with Crippen LogP contribution in [0.1, 0.15) is 34.9 Å². The van der Waals surface area contributed by atoms with Gasteiger partial charge in [0.15, 0.2) is 10.8 Å². The van der Waals surface area contributed by atoms with Gasteiger partial charge in [0.05, 0.1) is 12.6 Å². The molecule has 0 atom stereocenters. The summed E-state index contributed by atoms with van der Waals surface area (Å²) < 4.78 is 0. The second kappa shape index (κ2) is 7.38. The molecule has 1 saturated heterocycles. The van der Waals surface area contributed by atoms with Crippen LogP contribution in [-0.2, 0) is 0 Å². The van der Waals surface area contributed by atoms with Gasteiger partial charge < -0.3 is 10.4 Å². The first-order chi connectivity index (χ1) is 11.7. The van der Waals surface area contributed by atoms with Crippen LogP contribution in [-0.4, -0.2) is 45.6 Å². The number of aromatic nitrogens is 2. The molecule has 0 saturated carbocycles. The maximum absolute atomic E-state index is 10.9. The number of carboxylic acid groups (broad SMARTS) is 1. The first kappa shape index (κ1) is 16.4. The Morgan fingerprint density at radius 2 is 2.21 bits per heavy atom. The standard InChI is InChI=1S/C16H17N5O2S/c17-6-9-21-7-4-11(5-8-21)12-2-1-3-14(18-12)20-16-19-13(10-24-16)15(22)23/h1-3,10-11H,4-5,7-9H2,(H,22,23)(H,18,19,20). The van der Waals surface area contributed by atoms with E-state index in [9.17, 15) is 4.79 Å². The lowest BCUT2D eigenvalue weighted by Crippen LogP contribution is -2.33. The van der Waals surface area contributed by atoms with Crippen LogP contribution < -0.4 is 5.32 Å². The highest BCUT2D eigenvalue weighted by molar-refractivity contribution is 7.14. The van der Waals surface area contributed by atoms with Gasteiger partial charge in [-0.25, -0.2) is 14.8 Å². The number of nitrogens with one attached hydrogen (secondary N) is 1. The lowest BCUT2D eigenvalue weighted by molar-refractivity contribution is 0.0691. The van der Waals surface area contributed by atoms with Crippen LogP contribution in [0.2, 0.25) is 0 Å². The lowest BCUT2D eigenvalue weighted by Gasteiger charge is -2.29. The summed E-state index contributed by atoms with van der Waals surface area (Å²) in [7, 11) is 0. The topological polar surface area (TPSA) is 102 Å². The molecule has 24 heavy (non-hydrogen) atoms. The molecule has 3 heterocycles. The average molecular weight is 343 g/mol. The largest absolute Gasteiger partial charge is 0.476 e. The molecule has 0 spiro atoms. The second-order valence-corrected chi connectivity index (χ2v) is 6.48. The summed E-state index contributed by atoms with van der Waals surface area (Å²) in [5, 5.41) is 22.8. The minimum atomic E-state index is -1.04. The third kappa shape index (κ3) is 3.88. The van der Waals surface area contributed by atoms with Gasteiger partial charge in [0, 0.05) is 17.0 Å². The van der Waals surface area contributed by atoms with Gasteiger partial charge in [0.25, 0.3) is 0 Å². The predicted molar refractivity (Wildman–Crippen MR) is 90.6 cm³/mol. The molecule has 0 unspecified atom stereocenters. The maximum atomic E-state index is 10.9. The summed E-state index contributed by atoms with van der Waals surface area (Å²) in [5.41, 5.74) is 1.05. The molecule has 2 aromatic rings. The number of piperidine rings is 1. The molecule has 1 aliphatic rings. The van der Waals surface area contributed by atoms with E-state index in [1.165, 1.54) is 16.7 Å². The van der Waals surface area contributed by atoms with Gasteiger partial charge >= 0.3 is 5.97 Å². The third-order valence-electron chi connectivity index (χ3n) is 4.03. The number of hydrogen-bond acceptors (Lipinski definition) is 7. The van der Waals surface area contributed by atoms with Crippen molar-refractivity contribution in [2.24, 2.45) is 0 Å². The Balaban J connectivity index is 1.66. The van der Waals surface area contributed by atoms with Crippen LogP contribution in [0.5, 0.6) is 0 Å². The third-order valence-corrected chi connectivity index (χ3v) is 4.79. The highest BCUT2D eigenvalue weighted by Crippen LogP contribution is 2.28. The highest BCUT2D eigenvalue weighted by Gasteiger charge is 2.21. The Morgan fingerprint density at radius 1 is 1.42 bits per heavy atom. The van der Waals surface area contributed by atoms with Crippen molar-refractivity contribution in [1.82, 2.24) is 14.9 Å². The quantitative estimate of drug-likeness (QED) is 0.805. The molecule has 0 bridgehead atoms. The molecule has 1 aliphatic heterocycles. The summed E-state index contributed by atoms with van der Waals surface area (Å²) in [6.45, 7) is 2.30. The van der Waals surface area contributed by atoms with Crippen LogP contribution in [0.3, 0.4) is 0 Å². The minimum Gasteiger partial charge on any atom is -0.476 e. The minimum absolute atomic E-state index is 0.0310. The molecule has 0 aromatic carbocycles. The van der Waals surface area contributed by atoms with E-state index in [2.05, 4.69) is 26.3 Å². The number of nitrogens with zero attached hydrogens (tertiary/aromatic N) is 4. The zero-order valence-corrected chi connectivity index (χ0v) is 13.8. The molecule has 1 fully saturated rings. The SMILES string of the molecule is N#CCN1CCC(c2cccc(Nc3nc(C(=O)O)cs3)n2)CC1. The van der Waals surface area contributed by atoms with Gasteiger partial charge in [0.1, 0.15) is 5.82 Å². The summed E-state index contributed by atoms with van der Waals surface area (Å²) in [6, 6.07) is 7.99. The van der Waals surface area contributed by atoms with Crippen molar-refractivity contribution >= 4 is 28.3 Å². The fourth-order valence-electron chi connectivity index (χ4n) is 2.77. The number of rotatable bonds is 5. The highest BCUT2D eigenvalue weighted by atomic mass is 32.1. The summed E-state index contributed by atoms with van der Waals surface area (Å²) in [5.74, 6) is 0.0101. The van der Waals surface area contributed by atoms with E-state index in [1.54, 1.807) is 0 Å². The monoisotopic (exact) mass is 343 g/mol. The van der Waals surface area contributed by atoms with Crippen LogP contribution >= 0.6 is 11.3 Å². The average Bonchev–Trinajstić information content (AvgIpc) is 3.05. The zero-order chi connectivity index (χ0) is 16.9. The van der Waals surface area contributed by atoms with Crippen molar-refractivity contribution in [2.75, 3.05) is 25.0 Å². The zero-order valence-electron chi connectivity index (χ0n) is 13.0. The number of hydrogen-bond donors (Lipinski definition) is 2. The van der Waals surface area contributed by atoms with E-state index in [1.807, 2.05) is 18.2 Å². The molecular weight excluding hydrogens is 326 g/mol. The second-order valence-electron chi connectivity index (χ2n) is 5.62. The summed E-state index contributed by atoms with van der Waals surface area (Å²) >= 11 is 1.24. The number of aromatic carboxylic acids is 1. The Kier molecular flexibility index (Phi) is 5.03. The van der Waals surface area contributed by atoms with E-state index in [-0.39, 0.29) is 5.69 Å². The number of likely N-dealkylation sites (tertiary alicyclic amines) is 1. The van der Waals surface area contributed by atoms with Gasteiger partial charge in [-0.2, -0.15) is 5.26 Å². The fraction of sp³-hybridized carbons (Fsp3) is 0.375. The van der Waals surface area contributed by atoms with Crippen molar-refractivity contribution in [3.8, 4) is 6.07 Å². The van der Waals surface area contributed by atoms with Gasteiger partial charge in [-0.1, -0.05) is 6.07 Å². The summed E-state index contributed by atoms with van der Waals surface area (Å²) in [6.07, 6.45) is 1.97. The Bertz CT molecular complexity index is 762. The number of nitriles is 1. The lowest BCUT2D eigenvalue weighted by atomic mass is 9.93. The van der Waals surface area contributed by atoms with E-state index in [4.69, 9.17) is 10.4 Å². The first-order valence-electron chi connectivity index (χ1n) is 7.68. The van der Waals surface area contributed by atoms with Gasteiger partial charge in [-0.05, 0) is 38.1 Å². The Hall–Kier alpha value is -2.50. The number of carbonyl (C=O) groups is 1. The van der Waals surface area contributed by atoms with Crippen molar-refractivity contribution in [3.63, 3.8) is 0 Å². The van der Waals surface area contributed by atoms with E-state index < -0.39 is 5.97 Å². The molecular formula is C16H17N5O2S. The number of thiazole rings is 1. The molecule has 3 rings (SSSR count). The molecule has 7 nitrogen and oxygen atoms in total. The summed E-state index contributed by atoms with van der Waals surface area (Å²) in [4.78, 5) is 21.7. The van der Waals surface area contributed by atoms with Crippen LogP contribution in [0.15, 0.2) is 23.6 Å². The predicted octanol–water partition coefficient (Wildman–Crippen LogP) is 2.68. The Morgan fingerprint density at radius 3 is 2.88 bits per heavy atom. The smallest absolute Gasteiger partial charge is 0.355 e. The fourth-order valence-corrected chi connectivity index (χ4v) is 3.47. The Labute approximate surface area is 143 Å². The van der Waals surface area contributed by atoms with Gasteiger partial charge in [0.2, 0.25) is 0 Å². The van der Waals surface area contributed by atoms with E-state index >= 15 is 0 Å². The van der Waals surface area contributed by atoms with E-state index in [0.717, 1.165) is 31.6 Å². The molecule has 0 amide bonds. The molecule has 0 radical (unpaired) electrons. The molecule has 8 heteroatoms. The number of carboxylic acids is 1. The molecule has 0 aliphatic carbocycles. The van der Waals surface area contributed by atoms with Crippen LogP contribution in [0, 0.1) is 11.3 Å². The molecule has 2 N–H and O–H groups in total. The van der Waals surface area contributed by atoms with Crippen LogP contribution in [0.25, 0.3) is 0 Å². The van der Waals surface area contributed by atoms with Crippen molar-refractivity contribution in [2.45, 2.75) is 18.8 Å². The van der Waals surface area contributed by atoms with Crippen molar-refractivity contribution in [1.29, 1.82) is 5.26 Å². The van der Waals surface area contributed by atoms with Crippen LogP contribution in [0.4, 0.5) is 10.9 Å². The van der Waals surface area contributed by atoms with Gasteiger partial charge in [-0.3, -0.25) is 4.90 Å². The molecule has 124 valence electrons. The normalized spacial score (nSPS) is 15.8. The van der Waals surface area contributed by atoms with Crippen molar-refractivity contribution < 1.29 is 9.90 Å². The van der Waals surface area contributed by atoms with Gasteiger partial charge in [-0.15, -0.1) is 11.3 Å². The van der Waals surface area contributed by atoms with E-state index in [0.29, 0.717) is 23.4 Å². The maximum Gasteiger partial charge on any atom is 0.355 e. The number of anilines is 2. The molecule has 2 aromatic heterocycles. The number of pyridine rings is 1. The first-order valence-corrected chi connectivity index (χ1v) is 8.56.